The Hall–Kier alpha value is -1.27. The Kier molecular flexibility index (Phi) is 5.54. The molecule has 6 N–H and O–H groups in total. The normalized spacial score (nSPS) is 48.5. The van der Waals surface area contributed by atoms with Crippen molar-refractivity contribution in [3.8, 4) is 0 Å². The highest BCUT2D eigenvalue weighted by molar-refractivity contribution is 5.87. The molecule has 1 aliphatic carbocycles. The number of ether oxygens (including phenoxy) is 3. The van der Waals surface area contributed by atoms with Crippen LogP contribution < -0.4 is 0 Å². The van der Waals surface area contributed by atoms with Gasteiger partial charge in [0.05, 0.1) is 24.5 Å². The summed E-state index contributed by atoms with van der Waals surface area (Å²) < 4.78 is 16.3. The minimum atomic E-state index is -1.60. The first-order valence-electron chi connectivity index (χ1n) is 8.49. The van der Waals surface area contributed by atoms with E-state index < -0.39 is 67.5 Å². The second-order valence-electron chi connectivity index (χ2n) is 7.10. The van der Waals surface area contributed by atoms with E-state index in [4.69, 9.17) is 14.2 Å². The quantitative estimate of drug-likeness (QED) is 0.316. The van der Waals surface area contributed by atoms with Gasteiger partial charge in [0.25, 0.3) is 0 Å². The summed E-state index contributed by atoms with van der Waals surface area (Å²) >= 11 is 0. The van der Waals surface area contributed by atoms with Gasteiger partial charge in [0, 0.05) is 11.8 Å². The van der Waals surface area contributed by atoms with E-state index in [0.29, 0.717) is 6.42 Å². The first-order valence-corrected chi connectivity index (χ1v) is 8.49. The lowest BCUT2D eigenvalue weighted by Crippen LogP contribution is -2.60. The van der Waals surface area contributed by atoms with E-state index >= 15 is 0 Å². The average Bonchev–Trinajstić information content (AvgIpc) is 2.90. The summed E-state index contributed by atoms with van der Waals surface area (Å²) in [6.07, 6.45) is -7.77. The van der Waals surface area contributed by atoms with Gasteiger partial charge in [0.15, 0.2) is 6.29 Å². The number of carboxylic acid groups (broad SMARTS) is 1. The summed E-state index contributed by atoms with van der Waals surface area (Å²) in [6, 6.07) is 0. The van der Waals surface area contributed by atoms with Gasteiger partial charge in [-0.05, 0) is 12.3 Å². The predicted octanol–water partition coefficient (Wildman–Crippen LogP) is -2.24. The van der Waals surface area contributed by atoms with Gasteiger partial charge in [0.1, 0.15) is 24.4 Å². The van der Waals surface area contributed by atoms with Gasteiger partial charge in [-0.3, -0.25) is 0 Å². The first-order chi connectivity index (χ1) is 12.3. The predicted molar refractivity (Wildman–Crippen MR) is 82.2 cm³/mol. The molecule has 0 aromatic rings. The van der Waals surface area contributed by atoms with Crippen LogP contribution in [0, 0.1) is 17.8 Å². The maximum atomic E-state index is 11.4. The van der Waals surface area contributed by atoms with Gasteiger partial charge >= 0.3 is 5.97 Å². The van der Waals surface area contributed by atoms with Gasteiger partial charge in [0.2, 0.25) is 6.29 Å². The van der Waals surface area contributed by atoms with Crippen LogP contribution in [-0.2, 0) is 19.0 Å². The third-order valence-corrected chi connectivity index (χ3v) is 5.47. The summed E-state index contributed by atoms with van der Waals surface area (Å²) in [7, 11) is 0. The molecular weight excluding hydrogens is 352 g/mol. The molecule has 10 nitrogen and oxygen atoms in total. The first kappa shape index (κ1) is 19.5. The number of aliphatic carboxylic acids is 1. The van der Waals surface area contributed by atoms with Crippen molar-refractivity contribution in [2.75, 3.05) is 6.61 Å². The summed E-state index contributed by atoms with van der Waals surface area (Å²) in [5.41, 5.74) is -0.0551. The molecule has 0 amide bonds. The fourth-order valence-electron chi connectivity index (χ4n) is 4.08. The van der Waals surface area contributed by atoms with E-state index in [0.717, 1.165) is 6.26 Å². The third-order valence-electron chi connectivity index (χ3n) is 5.47. The Morgan fingerprint density at radius 2 is 1.88 bits per heavy atom. The van der Waals surface area contributed by atoms with Crippen LogP contribution >= 0.6 is 0 Å². The number of hydrogen-bond acceptors (Lipinski definition) is 9. The molecule has 3 rings (SSSR count). The van der Waals surface area contributed by atoms with Crippen LogP contribution in [0.3, 0.4) is 0 Å². The molecule has 0 bridgehead atoms. The van der Waals surface area contributed by atoms with E-state index in [2.05, 4.69) is 0 Å². The molecule has 2 heterocycles. The molecule has 3 aliphatic rings. The smallest absolute Gasteiger partial charge is 0.335 e. The van der Waals surface area contributed by atoms with Gasteiger partial charge in [-0.25, -0.2) is 4.79 Å². The number of aliphatic hydroxyl groups excluding tert-OH is 5. The minimum absolute atomic E-state index is 0.0551. The molecule has 2 aliphatic heterocycles. The van der Waals surface area contributed by atoms with E-state index in [1.165, 1.54) is 0 Å². The average molecular weight is 376 g/mol. The minimum Gasteiger partial charge on any atom is -0.478 e. The van der Waals surface area contributed by atoms with Crippen LogP contribution in [0.1, 0.15) is 13.3 Å². The molecule has 0 radical (unpaired) electrons. The van der Waals surface area contributed by atoms with Crippen LogP contribution in [0.15, 0.2) is 11.8 Å². The highest BCUT2D eigenvalue weighted by Crippen LogP contribution is 2.47. The SMILES string of the molecule is C[C@H]1C[C@H](O)[C@H]2C(C(=O)O)=CO[C@@H](O[C@@H]3O[C@H](CO)[C@@H](O)[C@H](O)[C@H]3O)[C@@H]21. The van der Waals surface area contributed by atoms with Crippen molar-refractivity contribution in [2.24, 2.45) is 17.8 Å². The third kappa shape index (κ3) is 3.22. The highest BCUT2D eigenvalue weighted by atomic mass is 16.8. The molecule has 1 saturated carbocycles. The van der Waals surface area contributed by atoms with E-state index in [1.807, 2.05) is 6.92 Å². The molecule has 0 unspecified atom stereocenters. The van der Waals surface area contributed by atoms with Crippen LogP contribution in [0.5, 0.6) is 0 Å². The molecule has 1 saturated heterocycles. The van der Waals surface area contributed by atoms with Crippen molar-refractivity contribution in [2.45, 2.75) is 56.4 Å². The van der Waals surface area contributed by atoms with Crippen molar-refractivity contribution in [3.63, 3.8) is 0 Å². The van der Waals surface area contributed by atoms with Crippen LogP contribution in [0.4, 0.5) is 0 Å². The molecule has 0 aromatic carbocycles. The van der Waals surface area contributed by atoms with Crippen molar-refractivity contribution in [1.82, 2.24) is 0 Å². The number of rotatable bonds is 4. The molecule has 10 atom stereocenters. The number of fused-ring (bicyclic) bond motifs is 1. The molecule has 0 aromatic heterocycles. The molecular formula is C16H24O10. The largest absolute Gasteiger partial charge is 0.478 e. The highest BCUT2D eigenvalue weighted by Gasteiger charge is 2.53. The van der Waals surface area contributed by atoms with Gasteiger partial charge in [-0.2, -0.15) is 0 Å². The van der Waals surface area contributed by atoms with E-state index in [1.54, 1.807) is 0 Å². The summed E-state index contributed by atoms with van der Waals surface area (Å²) in [5.74, 6) is -2.54. The Labute approximate surface area is 149 Å². The summed E-state index contributed by atoms with van der Waals surface area (Å²) in [5, 5.41) is 58.6. The fourth-order valence-corrected chi connectivity index (χ4v) is 4.08. The van der Waals surface area contributed by atoms with Crippen LogP contribution in [-0.4, -0.2) is 86.3 Å². The monoisotopic (exact) mass is 376 g/mol. The van der Waals surface area contributed by atoms with Crippen molar-refractivity contribution < 1.29 is 49.6 Å². The Morgan fingerprint density at radius 1 is 1.19 bits per heavy atom. The Balaban J connectivity index is 1.80. The lowest BCUT2D eigenvalue weighted by Gasteiger charge is -2.43. The fraction of sp³-hybridized carbons (Fsp3) is 0.812. The van der Waals surface area contributed by atoms with Crippen molar-refractivity contribution in [1.29, 1.82) is 0 Å². The van der Waals surface area contributed by atoms with Crippen molar-refractivity contribution >= 4 is 5.97 Å². The second kappa shape index (κ2) is 7.39. The zero-order valence-corrected chi connectivity index (χ0v) is 14.1. The van der Waals surface area contributed by atoms with Gasteiger partial charge in [-0.15, -0.1) is 0 Å². The number of hydrogen-bond donors (Lipinski definition) is 6. The summed E-state index contributed by atoms with van der Waals surface area (Å²) in [6.45, 7) is 1.23. The second-order valence-corrected chi connectivity index (χ2v) is 7.10. The van der Waals surface area contributed by atoms with Crippen molar-refractivity contribution in [3.05, 3.63) is 11.8 Å². The topological polar surface area (TPSA) is 166 Å². The van der Waals surface area contributed by atoms with E-state index in [9.17, 15) is 35.4 Å². The summed E-state index contributed by atoms with van der Waals surface area (Å²) in [4.78, 5) is 11.4. The zero-order valence-electron chi connectivity index (χ0n) is 14.1. The maximum Gasteiger partial charge on any atom is 0.335 e. The van der Waals surface area contributed by atoms with Crippen LogP contribution in [0.2, 0.25) is 0 Å². The Bertz CT molecular complexity index is 563. The standard InChI is InChI=1S/C16H24O10/c1-5-2-7(18)10-6(14(22)23)4-24-15(9(5)10)26-16-13(21)12(20)11(19)8(3-17)25-16/h4-5,7-13,15-21H,2-3H2,1H3,(H,22,23)/t5-,7-,8+,9+,10+,11+,12-,13+,15-,16-/m0/s1. The lowest BCUT2D eigenvalue weighted by atomic mass is 9.83. The van der Waals surface area contributed by atoms with Crippen LogP contribution in [0.25, 0.3) is 0 Å². The van der Waals surface area contributed by atoms with E-state index in [-0.39, 0.29) is 11.5 Å². The molecule has 148 valence electrons. The Morgan fingerprint density at radius 3 is 2.50 bits per heavy atom. The molecule has 10 heteroatoms. The maximum absolute atomic E-state index is 11.4. The number of carboxylic acids is 1. The number of carbonyl (C=O) groups is 1. The molecule has 0 spiro atoms. The number of aliphatic hydroxyl groups is 5. The van der Waals surface area contributed by atoms with Gasteiger partial charge in [-0.1, -0.05) is 6.92 Å². The van der Waals surface area contributed by atoms with Gasteiger partial charge < -0.3 is 44.8 Å². The zero-order chi connectivity index (χ0) is 19.2. The molecule has 26 heavy (non-hydrogen) atoms. The lowest BCUT2D eigenvalue weighted by molar-refractivity contribution is -0.342. The molecule has 2 fully saturated rings.